The summed E-state index contributed by atoms with van der Waals surface area (Å²) in [6, 6.07) is 4.19. The van der Waals surface area contributed by atoms with Gasteiger partial charge in [0.05, 0.1) is 23.3 Å². The second kappa shape index (κ2) is 14.5. The van der Waals surface area contributed by atoms with Crippen LogP contribution < -0.4 is 0 Å². The molecule has 2 aromatic rings. The van der Waals surface area contributed by atoms with E-state index in [1.807, 2.05) is 21.7 Å². The second-order valence-electron chi connectivity index (χ2n) is 13.1. The number of sulfonamides is 1. The molecule has 0 N–H and O–H groups in total. The molecule has 0 saturated carbocycles. The van der Waals surface area contributed by atoms with Crippen molar-refractivity contribution in [3.05, 3.63) is 47.2 Å². The quantitative estimate of drug-likeness (QED) is 0.269. The fourth-order valence-electron chi connectivity index (χ4n) is 7.24. The van der Waals surface area contributed by atoms with Crippen LogP contribution in [0.4, 0.5) is 13.2 Å². The van der Waals surface area contributed by atoms with Crippen LogP contribution in [0.2, 0.25) is 0 Å². The van der Waals surface area contributed by atoms with Crippen LogP contribution in [0, 0.1) is 0 Å². The van der Waals surface area contributed by atoms with Crippen molar-refractivity contribution in [1.29, 1.82) is 0 Å². The smallest absolute Gasteiger partial charge is 0.340 e. The molecule has 5 heterocycles. The molecule has 0 spiro atoms. The van der Waals surface area contributed by atoms with E-state index in [1.165, 1.54) is 16.4 Å². The third-order valence-electron chi connectivity index (χ3n) is 9.84. The van der Waals surface area contributed by atoms with Gasteiger partial charge in [-0.25, -0.2) is 8.42 Å². The number of aryl methyl sites for hydroxylation is 1. The maximum absolute atomic E-state index is 14.1. The highest BCUT2D eigenvalue weighted by atomic mass is 32.2. The van der Waals surface area contributed by atoms with Crippen molar-refractivity contribution in [3.8, 4) is 11.3 Å². The second-order valence-corrected chi connectivity index (χ2v) is 16.1. The van der Waals surface area contributed by atoms with Crippen molar-refractivity contribution in [2.45, 2.75) is 75.1 Å². The van der Waals surface area contributed by atoms with Crippen molar-refractivity contribution in [2.24, 2.45) is 0 Å². The number of carbonyl (C=O) groups excluding carboxylic acids is 2. The molecule has 10 nitrogen and oxygen atoms in total. The van der Waals surface area contributed by atoms with Crippen LogP contribution in [-0.4, -0.2) is 113 Å². The Bertz CT molecular complexity index is 1650. The third-order valence-corrected chi connectivity index (χ3v) is 12.1. The number of benzene rings is 1. The first kappa shape index (κ1) is 35.0. The topological polar surface area (TPSA) is 99.1 Å². The molecule has 2 amide bonds. The van der Waals surface area contributed by atoms with E-state index in [1.54, 1.807) is 4.90 Å². The van der Waals surface area contributed by atoms with Crippen molar-refractivity contribution in [2.75, 3.05) is 57.8 Å². The first-order chi connectivity index (χ1) is 22.9. The zero-order valence-corrected chi connectivity index (χ0v) is 28.9. The largest absolute Gasteiger partial charge is 0.417 e. The van der Waals surface area contributed by atoms with E-state index < -0.39 is 21.8 Å². The van der Waals surface area contributed by atoms with E-state index in [2.05, 4.69) is 4.90 Å². The molecule has 0 aliphatic carbocycles. The third kappa shape index (κ3) is 7.95. The maximum atomic E-state index is 14.1. The van der Waals surface area contributed by atoms with E-state index in [9.17, 15) is 31.2 Å². The van der Waals surface area contributed by atoms with E-state index in [0.29, 0.717) is 61.9 Å². The molecule has 15 heteroatoms. The molecule has 1 aromatic carbocycles. The molecule has 4 aliphatic rings. The number of halogens is 3. The van der Waals surface area contributed by atoms with Gasteiger partial charge < -0.3 is 14.7 Å². The first-order valence-corrected chi connectivity index (χ1v) is 19.5. The molecule has 48 heavy (non-hydrogen) atoms. The fourth-order valence-corrected chi connectivity index (χ4v) is 9.04. The monoisotopic (exact) mass is 708 g/mol. The summed E-state index contributed by atoms with van der Waals surface area (Å²) in [5, 5.41) is 4.89. The van der Waals surface area contributed by atoms with Gasteiger partial charge in [0.2, 0.25) is 21.8 Å². The van der Waals surface area contributed by atoms with Crippen LogP contribution in [0.15, 0.2) is 35.2 Å². The number of piperidine rings is 1. The average molecular weight is 709 g/mol. The van der Waals surface area contributed by atoms with Gasteiger partial charge in [-0.2, -0.15) is 22.6 Å². The zero-order valence-electron chi connectivity index (χ0n) is 27.3. The lowest BCUT2D eigenvalue weighted by Gasteiger charge is -2.36. The lowest BCUT2D eigenvalue weighted by atomic mass is 10.0. The highest BCUT2D eigenvalue weighted by Crippen LogP contribution is 2.40. The highest BCUT2D eigenvalue weighted by Gasteiger charge is 2.36. The summed E-state index contributed by atoms with van der Waals surface area (Å²) in [5.74, 6) is -0.0769. The van der Waals surface area contributed by atoms with E-state index in [-0.39, 0.29) is 29.0 Å². The van der Waals surface area contributed by atoms with Crippen LogP contribution in [-0.2, 0) is 45.3 Å². The van der Waals surface area contributed by atoms with E-state index in [4.69, 9.17) is 5.10 Å². The Balaban J connectivity index is 1.20. The molecular weight excluding hydrogens is 666 g/mol. The van der Waals surface area contributed by atoms with Gasteiger partial charge in [-0.3, -0.25) is 14.3 Å². The van der Waals surface area contributed by atoms with Gasteiger partial charge in [0.25, 0.3) is 0 Å². The molecule has 2 fully saturated rings. The Morgan fingerprint density at radius 3 is 2.50 bits per heavy atom. The number of thioether (sulfide) groups is 1. The number of hydrogen-bond acceptors (Lipinski definition) is 7. The van der Waals surface area contributed by atoms with Crippen molar-refractivity contribution in [1.82, 2.24) is 28.8 Å². The Labute approximate surface area is 284 Å². The molecule has 4 aliphatic heterocycles. The van der Waals surface area contributed by atoms with Crippen molar-refractivity contribution >= 4 is 33.6 Å². The summed E-state index contributed by atoms with van der Waals surface area (Å²) in [5.41, 5.74) is 1.72. The lowest BCUT2D eigenvalue weighted by molar-refractivity contribution is -0.139. The summed E-state index contributed by atoms with van der Waals surface area (Å²) in [4.78, 5) is 31.0. The van der Waals surface area contributed by atoms with Gasteiger partial charge >= 0.3 is 6.18 Å². The number of nitrogens with zero attached hydrogens (tertiary/aromatic N) is 6. The van der Waals surface area contributed by atoms with Gasteiger partial charge in [-0.05, 0) is 50.8 Å². The predicted molar refractivity (Wildman–Crippen MR) is 178 cm³/mol. The molecule has 0 bridgehead atoms. The summed E-state index contributed by atoms with van der Waals surface area (Å²) in [6.45, 7) is 5.53. The molecular formula is C33H43F3N6O4S2. The SMILES string of the molecule is CS(=O)(=O)N1CCc2c(c(-c3ccc(C(F)(F)F)c(SCC(=O)N4CC=CCC4)c3)nn2CCCN2CCC(N3CCCC3=O)CC2)C1. The summed E-state index contributed by atoms with van der Waals surface area (Å²) in [6.07, 6.45) is 5.91. The normalized spacial score (nSPS) is 20.1. The van der Waals surface area contributed by atoms with E-state index in [0.717, 1.165) is 88.1 Å². The Morgan fingerprint density at radius 1 is 1.04 bits per heavy atom. The van der Waals surface area contributed by atoms with Crippen molar-refractivity contribution in [3.63, 3.8) is 0 Å². The van der Waals surface area contributed by atoms with E-state index >= 15 is 0 Å². The summed E-state index contributed by atoms with van der Waals surface area (Å²) >= 11 is 0.868. The zero-order chi connectivity index (χ0) is 34.1. The number of alkyl halides is 3. The molecule has 1 aromatic heterocycles. The molecule has 0 unspecified atom stereocenters. The summed E-state index contributed by atoms with van der Waals surface area (Å²) < 4.78 is 70.6. The minimum Gasteiger partial charge on any atom is -0.340 e. The average Bonchev–Trinajstić information content (AvgIpc) is 3.66. The summed E-state index contributed by atoms with van der Waals surface area (Å²) in [7, 11) is -3.50. The van der Waals surface area contributed by atoms with Gasteiger partial charge in [0.15, 0.2) is 0 Å². The van der Waals surface area contributed by atoms with Gasteiger partial charge in [0, 0.05) is 93.0 Å². The number of fused-ring (bicyclic) bond motifs is 1. The predicted octanol–water partition coefficient (Wildman–Crippen LogP) is 4.24. The highest BCUT2D eigenvalue weighted by molar-refractivity contribution is 8.00. The lowest BCUT2D eigenvalue weighted by Crippen LogP contribution is -2.45. The number of aromatic nitrogens is 2. The standard InChI is InChI=1S/C33H43F3N6O4S2/c1-48(45,46)40-20-12-28-26(22-40)32(37-42(28)17-6-13-38-18-10-25(11-19-38)41-16-5-7-30(41)43)24-8-9-27(33(34,35)36)29(21-24)47-23-31(44)39-14-3-2-4-15-39/h2-3,8-9,21,25H,4-7,10-20,22-23H2,1H3. The van der Waals surface area contributed by atoms with Gasteiger partial charge in [-0.15, -0.1) is 11.8 Å². The molecule has 262 valence electrons. The van der Waals surface area contributed by atoms with Crippen LogP contribution in [0.3, 0.4) is 0 Å². The number of likely N-dealkylation sites (tertiary alicyclic amines) is 2. The molecule has 6 rings (SSSR count). The first-order valence-electron chi connectivity index (χ1n) is 16.7. The number of amides is 2. The van der Waals surface area contributed by atoms with Crippen LogP contribution in [0.5, 0.6) is 0 Å². The minimum absolute atomic E-state index is 0.0565. The van der Waals surface area contributed by atoms with Crippen LogP contribution >= 0.6 is 11.8 Å². The Hall–Kier alpha value is -2.88. The fraction of sp³-hybridized carbons (Fsp3) is 0.606. The van der Waals surface area contributed by atoms with Crippen molar-refractivity contribution < 1.29 is 31.2 Å². The van der Waals surface area contributed by atoms with Crippen LogP contribution in [0.25, 0.3) is 11.3 Å². The number of rotatable bonds is 10. The van der Waals surface area contributed by atoms with Gasteiger partial charge in [0.1, 0.15) is 0 Å². The van der Waals surface area contributed by atoms with Gasteiger partial charge in [-0.1, -0.05) is 18.2 Å². The Morgan fingerprint density at radius 2 is 1.83 bits per heavy atom. The molecule has 0 atom stereocenters. The number of carbonyl (C=O) groups is 2. The maximum Gasteiger partial charge on any atom is 0.417 e. The van der Waals surface area contributed by atoms with Crippen LogP contribution in [0.1, 0.15) is 55.3 Å². The minimum atomic E-state index is -4.61. The molecule has 0 radical (unpaired) electrons. The molecule has 2 saturated heterocycles. The Kier molecular flexibility index (Phi) is 10.6. The number of hydrogen-bond donors (Lipinski definition) is 0.